The van der Waals surface area contributed by atoms with E-state index in [-0.39, 0.29) is 12.6 Å². The highest BCUT2D eigenvalue weighted by Crippen LogP contribution is 1.95. The number of allylic oxidation sites excluding steroid dienone is 5. The molecule has 1 N–H and O–H groups in total. The first-order valence-electron chi connectivity index (χ1n) is 5.93. The second kappa shape index (κ2) is 12.2. The number of esters is 1. The zero-order chi connectivity index (χ0) is 14.3. The molecule has 0 spiro atoms. The van der Waals surface area contributed by atoms with Gasteiger partial charge in [-0.25, -0.2) is 0 Å². The van der Waals surface area contributed by atoms with Gasteiger partial charge in [-0.15, -0.1) is 0 Å². The molecule has 1 atom stereocenters. The zero-order valence-corrected chi connectivity index (χ0v) is 11.2. The van der Waals surface area contributed by atoms with Crippen LogP contribution >= 0.6 is 0 Å². The number of rotatable bonds is 5. The average molecular weight is 258 g/mol. The average Bonchev–Trinajstić information content (AvgIpc) is 2.36. The van der Waals surface area contributed by atoms with Crippen LogP contribution in [0.15, 0.2) is 36.5 Å². The Balaban J connectivity index is 3.88. The van der Waals surface area contributed by atoms with Gasteiger partial charge < -0.3 is 9.84 Å². The Morgan fingerprint density at radius 1 is 1.26 bits per heavy atom. The van der Waals surface area contributed by atoms with Gasteiger partial charge in [0.1, 0.15) is 0 Å². The molecule has 0 aliphatic carbocycles. The highest BCUT2D eigenvalue weighted by Gasteiger charge is 1.99. The molecule has 0 saturated heterocycles. The van der Waals surface area contributed by atoms with E-state index in [1.165, 1.54) is 6.92 Å². The third-order valence-corrected chi connectivity index (χ3v) is 1.80. The van der Waals surface area contributed by atoms with E-state index in [9.17, 15) is 9.90 Å². The third kappa shape index (κ3) is 13.7. The lowest BCUT2D eigenvalue weighted by molar-refractivity contribution is -0.141. The Bertz CT molecular complexity index is 462. The number of carbonyl (C=O) groups is 1. The normalized spacial score (nSPS) is 11.9. The molecule has 100 valence electrons. The fraction of sp³-hybridized carbons (Fsp3) is 0.312. The van der Waals surface area contributed by atoms with Gasteiger partial charge in [-0.3, -0.25) is 4.79 Å². The molecule has 0 aliphatic rings. The number of hydrogen-bond donors (Lipinski definition) is 1. The van der Waals surface area contributed by atoms with E-state index >= 15 is 0 Å². The number of ether oxygens (including phenoxy) is 1. The van der Waals surface area contributed by atoms with E-state index in [0.717, 1.165) is 0 Å². The van der Waals surface area contributed by atoms with Crippen molar-refractivity contribution in [3.05, 3.63) is 36.5 Å². The number of aliphatic hydroxyl groups is 1. The third-order valence-electron chi connectivity index (χ3n) is 1.80. The molecule has 0 amide bonds. The van der Waals surface area contributed by atoms with Gasteiger partial charge in [-0.05, 0) is 30.9 Å². The molecule has 0 bridgehead atoms. The first-order valence-corrected chi connectivity index (χ1v) is 5.93. The topological polar surface area (TPSA) is 46.5 Å². The molecule has 0 radical (unpaired) electrons. The molecule has 0 fully saturated rings. The van der Waals surface area contributed by atoms with Crippen LogP contribution in [0, 0.1) is 23.7 Å². The molecule has 0 heterocycles. The largest absolute Gasteiger partial charge is 0.466 e. The minimum atomic E-state index is -0.633. The van der Waals surface area contributed by atoms with Crippen molar-refractivity contribution in [2.75, 3.05) is 6.61 Å². The number of carbonyl (C=O) groups excluding carboxylic acids is 1. The number of hydrogen-bond acceptors (Lipinski definition) is 3. The molecular formula is C16H18O3. The highest BCUT2D eigenvalue weighted by atomic mass is 16.5. The summed E-state index contributed by atoms with van der Waals surface area (Å²) in [6.45, 7) is 3.44. The maximum atomic E-state index is 10.5. The summed E-state index contributed by atoms with van der Waals surface area (Å²) in [5.74, 6) is 10.4. The molecule has 0 aromatic rings. The summed E-state index contributed by atoms with van der Waals surface area (Å²) in [6, 6.07) is 0. The predicted molar refractivity (Wildman–Crippen MR) is 75.9 cm³/mol. The Morgan fingerprint density at radius 2 is 1.95 bits per heavy atom. The van der Waals surface area contributed by atoms with Crippen LogP contribution in [0.2, 0.25) is 0 Å². The van der Waals surface area contributed by atoms with Crippen LogP contribution in [0.3, 0.4) is 0 Å². The quantitative estimate of drug-likeness (QED) is 0.466. The standard InChI is InChI=1S/C16H18O3/c1-3-4-5-6-7-8-9-10-11-12-16(18)13-14-19-15(2)17/h3-4,9-12,16,18H,13-14H2,1-2H3/t16-/m0/s1. The summed E-state index contributed by atoms with van der Waals surface area (Å²) in [5, 5.41) is 9.48. The van der Waals surface area contributed by atoms with Gasteiger partial charge in [0.25, 0.3) is 0 Å². The van der Waals surface area contributed by atoms with E-state index in [4.69, 9.17) is 4.74 Å². The van der Waals surface area contributed by atoms with Crippen molar-refractivity contribution in [1.82, 2.24) is 0 Å². The molecule has 0 aliphatic heterocycles. The fourth-order valence-electron chi connectivity index (χ4n) is 0.955. The summed E-state index contributed by atoms with van der Waals surface area (Å²) in [7, 11) is 0. The molecule has 3 heteroatoms. The molecule has 0 rings (SSSR count). The van der Waals surface area contributed by atoms with E-state index < -0.39 is 6.10 Å². The Kier molecular flexibility index (Phi) is 10.8. The van der Waals surface area contributed by atoms with Crippen LogP contribution in [0.4, 0.5) is 0 Å². The van der Waals surface area contributed by atoms with Crippen LogP contribution in [-0.4, -0.2) is 23.8 Å². The SMILES string of the molecule is CC=CC#CC#CC=CC=C[C@H](O)CCOC(C)=O. The first-order chi connectivity index (χ1) is 9.16. The lowest BCUT2D eigenvalue weighted by Gasteiger charge is -2.04. The van der Waals surface area contributed by atoms with Gasteiger partial charge in [0.2, 0.25) is 0 Å². The molecular weight excluding hydrogens is 240 g/mol. The minimum Gasteiger partial charge on any atom is -0.466 e. The van der Waals surface area contributed by atoms with Gasteiger partial charge in [-0.2, -0.15) is 0 Å². The van der Waals surface area contributed by atoms with E-state index in [1.807, 2.05) is 13.0 Å². The lowest BCUT2D eigenvalue weighted by atomic mass is 10.2. The van der Waals surface area contributed by atoms with Crippen molar-refractivity contribution in [3.63, 3.8) is 0 Å². The van der Waals surface area contributed by atoms with Gasteiger partial charge in [0, 0.05) is 13.3 Å². The van der Waals surface area contributed by atoms with Crippen molar-refractivity contribution in [1.29, 1.82) is 0 Å². The summed E-state index contributed by atoms with van der Waals surface area (Å²) in [5.41, 5.74) is 0. The smallest absolute Gasteiger partial charge is 0.302 e. The van der Waals surface area contributed by atoms with Crippen molar-refractivity contribution in [2.24, 2.45) is 0 Å². The van der Waals surface area contributed by atoms with Crippen LogP contribution in [0.25, 0.3) is 0 Å². The van der Waals surface area contributed by atoms with Crippen molar-refractivity contribution in [3.8, 4) is 23.7 Å². The second-order valence-corrected chi connectivity index (χ2v) is 3.48. The molecule has 0 unspecified atom stereocenters. The summed E-state index contributed by atoms with van der Waals surface area (Å²) in [6.07, 6.45) is 9.94. The van der Waals surface area contributed by atoms with E-state index in [0.29, 0.717) is 6.42 Å². The highest BCUT2D eigenvalue weighted by molar-refractivity contribution is 5.65. The molecule has 0 aromatic carbocycles. The zero-order valence-electron chi connectivity index (χ0n) is 11.2. The molecule has 0 saturated carbocycles. The predicted octanol–water partition coefficient (Wildman–Crippen LogP) is 2.00. The lowest BCUT2D eigenvalue weighted by Crippen LogP contribution is -2.09. The van der Waals surface area contributed by atoms with Gasteiger partial charge >= 0.3 is 5.97 Å². The van der Waals surface area contributed by atoms with Crippen LogP contribution < -0.4 is 0 Å². The van der Waals surface area contributed by atoms with Crippen molar-refractivity contribution < 1.29 is 14.6 Å². The first kappa shape index (κ1) is 16.8. The molecule has 0 aromatic heterocycles. The van der Waals surface area contributed by atoms with Crippen molar-refractivity contribution >= 4 is 5.97 Å². The van der Waals surface area contributed by atoms with Crippen LogP contribution in [0.5, 0.6) is 0 Å². The number of aliphatic hydroxyl groups excluding tert-OH is 1. The van der Waals surface area contributed by atoms with Crippen molar-refractivity contribution in [2.45, 2.75) is 26.4 Å². The Labute approximate surface area is 114 Å². The van der Waals surface area contributed by atoms with Crippen LogP contribution in [-0.2, 0) is 9.53 Å². The monoisotopic (exact) mass is 258 g/mol. The Hall–Kier alpha value is -2.23. The fourth-order valence-corrected chi connectivity index (χ4v) is 0.955. The maximum Gasteiger partial charge on any atom is 0.302 e. The Morgan fingerprint density at radius 3 is 2.58 bits per heavy atom. The molecule has 19 heavy (non-hydrogen) atoms. The van der Waals surface area contributed by atoms with E-state index in [2.05, 4.69) is 23.7 Å². The van der Waals surface area contributed by atoms with Gasteiger partial charge in [0.15, 0.2) is 0 Å². The van der Waals surface area contributed by atoms with Gasteiger partial charge in [0.05, 0.1) is 12.7 Å². The molecule has 3 nitrogen and oxygen atoms in total. The maximum absolute atomic E-state index is 10.5. The van der Waals surface area contributed by atoms with Crippen LogP contribution in [0.1, 0.15) is 20.3 Å². The van der Waals surface area contributed by atoms with Gasteiger partial charge in [-0.1, -0.05) is 36.1 Å². The minimum absolute atomic E-state index is 0.213. The second-order valence-electron chi connectivity index (χ2n) is 3.48. The summed E-state index contributed by atoms with van der Waals surface area (Å²) < 4.78 is 4.71. The summed E-state index contributed by atoms with van der Waals surface area (Å²) in [4.78, 5) is 10.5. The summed E-state index contributed by atoms with van der Waals surface area (Å²) >= 11 is 0. The van der Waals surface area contributed by atoms with E-state index in [1.54, 1.807) is 30.4 Å².